The topological polar surface area (TPSA) is 29.0 Å². The van der Waals surface area contributed by atoms with Crippen LogP contribution in [-0.2, 0) is 0 Å². The highest BCUT2D eigenvalue weighted by Gasteiger charge is 2.38. The van der Waals surface area contributed by atoms with Gasteiger partial charge < -0.3 is 4.90 Å². The summed E-state index contributed by atoms with van der Waals surface area (Å²) in [6.07, 6.45) is 10.2. The van der Waals surface area contributed by atoms with Gasteiger partial charge in [0.1, 0.15) is 5.82 Å². The van der Waals surface area contributed by atoms with E-state index < -0.39 is 0 Å². The molecule has 1 aromatic heterocycles. The van der Waals surface area contributed by atoms with E-state index in [0.29, 0.717) is 12.1 Å². The maximum absolute atomic E-state index is 4.40. The maximum Gasteiger partial charge on any atom is 0.147 e. The molecule has 0 radical (unpaired) electrons. The van der Waals surface area contributed by atoms with E-state index in [1.807, 2.05) is 6.20 Å². The van der Waals surface area contributed by atoms with Crippen molar-refractivity contribution in [1.82, 2.24) is 9.97 Å². The summed E-state index contributed by atoms with van der Waals surface area (Å²) in [5.74, 6) is 1.04. The van der Waals surface area contributed by atoms with Gasteiger partial charge in [-0.2, -0.15) is 0 Å². The third kappa shape index (κ3) is 1.42. The minimum absolute atomic E-state index is 0.618. The fourth-order valence-electron chi connectivity index (χ4n) is 2.91. The molecule has 0 aromatic carbocycles. The first-order valence-corrected chi connectivity index (χ1v) is 5.55. The number of fused-ring (bicyclic) bond motifs is 2. The number of rotatable bonds is 1. The lowest BCUT2D eigenvalue weighted by molar-refractivity contribution is 0.545. The molecule has 15 heavy (non-hydrogen) atoms. The van der Waals surface area contributed by atoms with E-state index in [1.54, 1.807) is 12.4 Å². The van der Waals surface area contributed by atoms with Crippen molar-refractivity contribution >= 4 is 5.82 Å². The summed E-state index contributed by atoms with van der Waals surface area (Å²) in [5.41, 5.74) is 1.41. The van der Waals surface area contributed by atoms with Crippen LogP contribution < -0.4 is 4.90 Å². The molecular formula is C12H15N3. The lowest BCUT2D eigenvalue weighted by Gasteiger charge is -2.36. The third-order valence-corrected chi connectivity index (χ3v) is 3.48. The highest BCUT2D eigenvalue weighted by atomic mass is 15.3. The second kappa shape index (κ2) is 3.33. The Balaban J connectivity index is 1.92. The average Bonchev–Trinajstić information content (AvgIpc) is 2.53. The van der Waals surface area contributed by atoms with Gasteiger partial charge in [0.25, 0.3) is 0 Å². The Labute approximate surface area is 89.8 Å². The summed E-state index contributed by atoms with van der Waals surface area (Å²) in [6, 6.07) is 1.24. The van der Waals surface area contributed by atoms with Gasteiger partial charge in [-0.1, -0.05) is 12.2 Å². The van der Waals surface area contributed by atoms with E-state index in [4.69, 9.17) is 0 Å². The predicted molar refractivity (Wildman–Crippen MR) is 59.7 cm³/mol. The molecule has 2 aliphatic rings. The molecule has 2 atom stereocenters. The highest BCUT2D eigenvalue weighted by molar-refractivity contribution is 5.43. The van der Waals surface area contributed by atoms with E-state index in [0.717, 1.165) is 18.7 Å². The smallest absolute Gasteiger partial charge is 0.147 e. The molecule has 3 heteroatoms. The molecule has 3 heterocycles. The Morgan fingerprint density at radius 1 is 1.20 bits per heavy atom. The molecule has 3 rings (SSSR count). The van der Waals surface area contributed by atoms with Gasteiger partial charge in [0, 0.05) is 24.5 Å². The van der Waals surface area contributed by atoms with E-state index in [-0.39, 0.29) is 0 Å². The Morgan fingerprint density at radius 3 is 2.53 bits per heavy atom. The van der Waals surface area contributed by atoms with Crippen molar-refractivity contribution in [3.8, 4) is 0 Å². The Morgan fingerprint density at radius 2 is 1.93 bits per heavy atom. The van der Waals surface area contributed by atoms with Crippen LogP contribution in [0.5, 0.6) is 0 Å². The molecule has 3 nitrogen and oxygen atoms in total. The number of hydrogen-bond donors (Lipinski definition) is 0. The fourth-order valence-corrected chi connectivity index (χ4v) is 2.91. The quantitative estimate of drug-likeness (QED) is 0.652. The molecule has 1 aromatic rings. The van der Waals surface area contributed by atoms with Crippen molar-refractivity contribution in [2.45, 2.75) is 37.8 Å². The molecule has 0 N–H and O–H groups in total. The van der Waals surface area contributed by atoms with E-state index in [1.165, 1.54) is 18.4 Å². The van der Waals surface area contributed by atoms with Crippen molar-refractivity contribution in [2.24, 2.45) is 0 Å². The van der Waals surface area contributed by atoms with E-state index >= 15 is 0 Å². The summed E-state index contributed by atoms with van der Waals surface area (Å²) in [5, 5.41) is 0. The second-order valence-electron chi connectivity index (χ2n) is 4.51. The van der Waals surface area contributed by atoms with Crippen LogP contribution in [0, 0.1) is 0 Å². The fraction of sp³-hybridized carbons (Fsp3) is 0.500. The predicted octanol–water partition coefficient (Wildman–Crippen LogP) is 2.16. The summed E-state index contributed by atoms with van der Waals surface area (Å²) < 4.78 is 0. The van der Waals surface area contributed by atoms with Crippen LogP contribution in [0.15, 0.2) is 30.7 Å². The molecule has 2 unspecified atom stereocenters. The monoisotopic (exact) mass is 201 g/mol. The summed E-state index contributed by atoms with van der Waals surface area (Å²) in [7, 11) is 0. The van der Waals surface area contributed by atoms with Crippen molar-refractivity contribution in [3.63, 3.8) is 0 Å². The van der Waals surface area contributed by atoms with Crippen LogP contribution in [0.1, 0.15) is 25.7 Å². The summed E-state index contributed by atoms with van der Waals surface area (Å²) >= 11 is 0. The minimum atomic E-state index is 0.618. The van der Waals surface area contributed by atoms with Crippen LogP contribution in [0.3, 0.4) is 0 Å². The molecular weight excluding hydrogens is 186 g/mol. The van der Waals surface area contributed by atoms with E-state index in [2.05, 4.69) is 21.4 Å². The van der Waals surface area contributed by atoms with Crippen molar-refractivity contribution in [3.05, 3.63) is 30.7 Å². The zero-order valence-corrected chi connectivity index (χ0v) is 8.76. The van der Waals surface area contributed by atoms with Crippen LogP contribution in [0.25, 0.3) is 0 Å². The number of hydrogen-bond acceptors (Lipinski definition) is 3. The first-order chi connectivity index (χ1) is 7.34. The number of nitrogens with zero attached hydrogens (tertiary/aromatic N) is 3. The molecule has 2 saturated heterocycles. The zero-order chi connectivity index (χ0) is 10.3. The molecule has 0 spiro atoms. The lowest BCUT2D eigenvalue weighted by Crippen LogP contribution is -2.40. The average molecular weight is 201 g/mol. The first kappa shape index (κ1) is 8.89. The molecule has 0 saturated carbocycles. The van der Waals surface area contributed by atoms with Crippen molar-refractivity contribution < 1.29 is 0 Å². The molecule has 2 fully saturated rings. The van der Waals surface area contributed by atoms with Crippen LogP contribution in [0.4, 0.5) is 5.82 Å². The lowest BCUT2D eigenvalue weighted by atomic mass is 9.98. The molecule has 78 valence electrons. The van der Waals surface area contributed by atoms with Gasteiger partial charge in [0.05, 0.1) is 6.20 Å². The van der Waals surface area contributed by atoms with Crippen molar-refractivity contribution in [2.75, 3.05) is 4.90 Å². The van der Waals surface area contributed by atoms with Gasteiger partial charge in [-0.05, 0) is 25.7 Å². The van der Waals surface area contributed by atoms with Crippen LogP contribution in [-0.4, -0.2) is 22.1 Å². The van der Waals surface area contributed by atoms with Gasteiger partial charge in [-0.25, -0.2) is 4.98 Å². The van der Waals surface area contributed by atoms with E-state index in [9.17, 15) is 0 Å². The molecule has 0 aliphatic carbocycles. The second-order valence-corrected chi connectivity index (χ2v) is 4.51. The van der Waals surface area contributed by atoms with Crippen molar-refractivity contribution in [1.29, 1.82) is 0 Å². The van der Waals surface area contributed by atoms with Crippen LogP contribution >= 0.6 is 0 Å². The Hall–Kier alpha value is -1.38. The first-order valence-electron chi connectivity index (χ1n) is 5.55. The highest BCUT2D eigenvalue weighted by Crippen LogP contribution is 2.39. The van der Waals surface area contributed by atoms with Gasteiger partial charge in [0.15, 0.2) is 0 Å². The van der Waals surface area contributed by atoms with Gasteiger partial charge in [-0.3, -0.25) is 4.98 Å². The molecule has 0 amide bonds. The maximum atomic E-state index is 4.40. The minimum Gasteiger partial charge on any atom is -0.349 e. The van der Waals surface area contributed by atoms with Gasteiger partial charge in [-0.15, -0.1) is 0 Å². The van der Waals surface area contributed by atoms with Crippen LogP contribution in [0.2, 0.25) is 0 Å². The number of aromatic nitrogens is 2. The standard InChI is InChI=1S/C12H15N3/c1-9-6-10-2-3-11(7-9)15(10)12-8-13-4-5-14-12/h4-5,8,10-11H,1-3,6-7H2. The number of piperidine rings is 1. The Bertz CT molecular complexity index is 358. The largest absolute Gasteiger partial charge is 0.349 e. The Kier molecular flexibility index (Phi) is 1.97. The number of anilines is 1. The zero-order valence-electron chi connectivity index (χ0n) is 8.76. The summed E-state index contributed by atoms with van der Waals surface area (Å²) in [4.78, 5) is 11.0. The molecule has 2 bridgehead atoms. The third-order valence-electron chi connectivity index (χ3n) is 3.48. The SMILES string of the molecule is C=C1CC2CCC(C1)N2c1cnccn1. The van der Waals surface area contributed by atoms with Gasteiger partial charge in [0.2, 0.25) is 0 Å². The normalized spacial score (nSPS) is 29.6. The summed E-state index contributed by atoms with van der Waals surface area (Å²) in [6.45, 7) is 4.12. The van der Waals surface area contributed by atoms with Gasteiger partial charge >= 0.3 is 0 Å². The molecule has 2 aliphatic heterocycles.